The zero-order valence-electron chi connectivity index (χ0n) is 10.6. The summed E-state index contributed by atoms with van der Waals surface area (Å²) in [5, 5.41) is 1.13. The highest BCUT2D eigenvalue weighted by molar-refractivity contribution is 5.92. The molecular formula is C16H18N2. The van der Waals surface area contributed by atoms with Crippen LogP contribution in [0.25, 0.3) is 10.9 Å². The van der Waals surface area contributed by atoms with Crippen molar-refractivity contribution < 1.29 is 0 Å². The molecule has 2 nitrogen and oxygen atoms in total. The van der Waals surface area contributed by atoms with Crippen molar-refractivity contribution in [2.24, 2.45) is 5.41 Å². The summed E-state index contributed by atoms with van der Waals surface area (Å²) >= 11 is 0. The normalized spacial score (nSPS) is 20.7. The van der Waals surface area contributed by atoms with Crippen LogP contribution in [-0.2, 0) is 12.8 Å². The predicted molar refractivity (Wildman–Crippen MR) is 74.5 cm³/mol. The van der Waals surface area contributed by atoms with E-state index in [1.807, 2.05) is 6.07 Å². The third-order valence-electron chi connectivity index (χ3n) is 4.98. The monoisotopic (exact) mass is 238 g/mol. The van der Waals surface area contributed by atoms with Crippen LogP contribution < -0.4 is 5.73 Å². The molecule has 2 N–H and O–H groups in total. The summed E-state index contributed by atoms with van der Waals surface area (Å²) in [7, 11) is 0. The Bertz CT molecular complexity index is 626. The molecule has 2 aliphatic rings. The van der Waals surface area contributed by atoms with Crippen molar-refractivity contribution in [3.8, 4) is 0 Å². The summed E-state index contributed by atoms with van der Waals surface area (Å²) in [4.78, 5) is 4.82. The van der Waals surface area contributed by atoms with Crippen molar-refractivity contribution in [3.05, 3.63) is 35.5 Å². The lowest BCUT2D eigenvalue weighted by Gasteiger charge is -2.45. The summed E-state index contributed by atoms with van der Waals surface area (Å²) in [6.45, 7) is 0. The minimum absolute atomic E-state index is 0.575. The molecule has 0 aliphatic heterocycles. The average molecular weight is 238 g/mol. The molecule has 1 spiro atoms. The predicted octanol–water partition coefficient (Wildman–Crippen LogP) is 3.48. The van der Waals surface area contributed by atoms with Crippen molar-refractivity contribution in [1.29, 1.82) is 0 Å². The molecule has 0 bridgehead atoms. The fourth-order valence-corrected chi connectivity index (χ4v) is 3.68. The number of rotatable bonds is 0. The van der Waals surface area contributed by atoms with Crippen LogP contribution in [0.15, 0.2) is 24.3 Å². The van der Waals surface area contributed by atoms with E-state index in [0.717, 1.165) is 29.4 Å². The van der Waals surface area contributed by atoms with E-state index in [1.54, 1.807) is 0 Å². The summed E-state index contributed by atoms with van der Waals surface area (Å²) in [5.74, 6) is 0. The number of para-hydroxylation sites is 1. The Kier molecular flexibility index (Phi) is 2.00. The first kappa shape index (κ1) is 10.4. The van der Waals surface area contributed by atoms with Gasteiger partial charge in [-0.2, -0.15) is 0 Å². The van der Waals surface area contributed by atoms with Crippen LogP contribution in [0, 0.1) is 5.41 Å². The number of benzene rings is 1. The van der Waals surface area contributed by atoms with Crippen LogP contribution in [0.3, 0.4) is 0 Å². The number of pyridine rings is 1. The lowest BCUT2D eigenvalue weighted by molar-refractivity contribution is 0.111. The van der Waals surface area contributed by atoms with Gasteiger partial charge >= 0.3 is 0 Å². The second-order valence-corrected chi connectivity index (χ2v) is 6.00. The van der Waals surface area contributed by atoms with Crippen LogP contribution >= 0.6 is 0 Å². The molecule has 1 aromatic heterocycles. The molecule has 0 saturated heterocycles. The van der Waals surface area contributed by atoms with Crippen LogP contribution in [0.5, 0.6) is 0 Å². The van der Waals surface area contributed by atoms with E-state index in [2.05, 4.69) is 18.2 Å². The quantitative estimate of drug-likeness (QED) is 0.763. The molecule has 18 heavy (non-hydrogen) atoms. The van der Waals surface area contributed by atoms with Gasteiger partial charge < -0.3 is 5.73 Å². The SMILES string of the molecule is Nc1c2c(nc3ccccc13)CCC1(CCC1)C2. The van der Waals surface area contributed by atoms with E-state index in [0.29, 0.717) is 5.41 Å². The molecule has 0 amide bonds. The number of nitrogens with two attached hydrogens (primary N) is 1. The molecule has 1 saturated carbocycles. The first-order chi connectivity index (χ1) is 8.77. The Balaban J connectivity index is 1.91. The Labute approximate surface area is 107 Å². The first-order valence-electron chi connectivity index (χ1n) is 6.93. The summed E-state index contributed by atoms with van der Waals surface area (Å²) in [6, 6.07) is 8.26. The van der Waals surface area contributed by atoms with Crippen molar-refractivity contribution in [2.75, 3.05) is 5.73 Å². The van der Waals surface area contributed by atoms with E-state index in [9.17, 15) is 0 Å². The van der Waals surface area contributed by atoms with Crippen molar-refractivity contribution >= 4 is 16.6 Å². The molecule has 1 aromatic carbocycles. The molecule has 4 rings (SSSR count). The van der Waals surface area contributed by atoms with E-state index < -0.39 is 0 Å². The third kappa shape index (κ3) is 1.32. The molecule has 0 radical (unpaired) electrons. The smallest absolute Gasteiger partial charge is 0.0726 e. The molecule has 2 heteroatoms. The number of aromatic nitrogens is 1. The van der Waals surface area contributed by atoms with Crippen molar-refractivity contribution in [1.82, 2.24) is 4.98 Å². The van der Waals surface area contributed by atoms with Gasteiger partial charge in [0.05, 0.1) is 5.52 Å². The molecule has 2 aliphatic carbocycles. The second-order valence-electron chi connectivity index (χ2n) is 6.00. The minimum Gasteiger partial charge on any atom is -0.398 e. The molecule has 0 unspecified atom stereocenters. The van der Waals surface area contributed by atoms with Gasteiger partial charge in [-0.15, -0.1) is 0 Å². The van der Waals surface area contributed by atoms with Gasteiger partial charge in [-0.3, -0.25) is 4.98 Å². The van der Waals surface area contributed by atoms with Gasteiger partial charge in [0, 0.05) is 16.8 Å². The van der Waals surface area contributed by atoms with Gasteiger partial charge in [-0.05, 0) is 49.1 Å². The Hall–Kier alpha value is -1.57. The second kappa shape index (κ2) is 3.47. The third-order valence-corrected chi connectivity index (χ3v) is 4.98. The Morgan fingerprint density at radius 2 is 1.94 bits per heavy atom. The number of nitrogens with zero attached hydrogens (tertiary/aromatic N) is 1. The topological polar surface area (TPSA) is 38.9 Å². The highest BCUT2D eigenvalue weighted by atomic mass is 14.7. The zero-order chi connectivity index (χ0) is 12.2. The fraction of sp³-hybridized carbons (Fsp3) is 0.438. The van der Waals surface area contributed by atoms with E-state index in [4.69, 9.17) is 10.7 Å². The number of hydrogen-bond donors (Lipinski definition) is 1. The van der Waals surface area contributed by atoms with Gasteiger partial charge in [-0.25, -0.2) is 0 Å². The van der Waals surface area contributed by atoms with E-state index >= 15 is 0 Å². The van der Waals surface area contributed by atoms with Gasteiger partial charge in [0.1, 0.15) is 0 Å². The molecular weight excluding hydrogens is 220 g/mol. The maximum atomic E-state index is 6.40. The first-order valence-corrected chi connectivity index (χ1v) is 6.93. The average Bonchev–Trinajstić information content (AvgIpc) is 2.37. The summed E-state index contributed by atoms with van der Waals surface area (Å²) < 4.78 is 0. The minimum atomic E-state index is 0.575. The maximum Gasteiger partial charge on any atom is 0.0726 e. The van der Waals surface area contributed by atoms with Crippen LogP contribution in [-0.4, -0.2) is 4.98 Å². The standard InChI is InChI=1S/C16H18N2/c17-15-11-4-1-2-5-13(11)18-14-6-9-16(7-3-8-16)10-12(14)15/h1-2,4-5H,3,6-10H2,(H2,17,18). The number of nitrogen functional groups attached to an aromatic ring is 1. The molecule has 1 fully saturated rings. The Morgan fingerprint density at radius 1 is 1.11 bits per heavy atom. The highest BCUT2D eigenvalue weighted by Crippen LogP contribution is 2.51. The summed E-state index contributed by atoms with van der Waals surface area (Å²) in [6.07, 6.45) is 7.76. The number of fused-ring (bicyclic) bond motifs is 2. The van der Waals surface area contributed by atoms with E-state index in [1.165, 1.54) is 36.9 Å². The van der Waals surface area contributed by atoms with Crippen LogP contribution in [0.2, 0.25) is 0 Å². The van der Waals surface area contributed by atoms with Crippen LogP contribution in [0.1, 0.15) is 36.9 Å². The lowest BCUT2D eigenvalue weighted by atomic mass is 9.60. The maximum absolute atomic E-state index is 6.40. The van der Waals surface area contributed by atoms with Crippen LogP contribution in [0.4, 0.5) is 5.69 Å². The van der Waals surface area contributed by atoms with Crippen molar-refractivity contribution in [2.45, 2.75) is 38.5 Å². The molecule has 2 aromatic rings. The number of anilines is 1. The highest BCUT2D eigenvalue weighted by Gasteiger charge is 2.40. The molecule has 92 valence electrons. The van der Waals surface area contributed by atoms with Gasteiger partial charge in [0.15, 0.2) is 0 Å². The van der Waals surface area contributed by atoms with E-state index in [-0.39, 0.29) is 0 Å². The summed E-state index contributed by atoms with van der Waals surface area (Å²) in [5.41, 5.74) is 11.6. The van der Waals surface area contributed by atoms with Gasteiger partial charge in [0.25, 0.3) is 0 Å². The molecule has 1 heterocycles. The van der Waals surface area contributed by atoms with Gasteiger partial charge in [-0.1, -0.05) is 24.6 Å². The fourth-order valence-electron chi connectivity index (χ4n) is 3.68. The number of aryl methyl sites for hydroxylation is 1. The Morgan fingerprint density at radius 3 is 2.72 bits per heavy atom. The lowest BCUT2D eigenvalue weighted by Crippen LogP contribution is -2.36. The van der Waals surface area contributed by atoms with Crippen molar-refractivity contribution in [3.63, 3.8) is 0 Å². The number of hydrogen-bond acceptors (Lipinski definition) is 2. The zero-order valence-corrected chi connectivity index (χ0v) is 10.6. The van der Waals surface area contributed by atoms with Gasteiger partial charge in [0.2, 0.25) is 0 Å². The molecule has 0 atom stereocenters. The largest absolute Gasteiger partial charge is 0.398 e.